The van der Waals surface area contributed by atoms with Crippen LogP contribution in [-0.2, 0) is 6.54 Å². The van der Waals surface area contributed by atoms with E-state index in [9.17, 15) is 9.90 Å². The summed E-state index contributed by atoms with van der Waals surface area (Å²) in [5.74, 6) is 0.893. The predicted molar refractivity (Wildman–Crippen MR) is 115 cm³/mol. The minimum atomic E-state index is -0.939. The van der Waals surface area contributed by atoms with Gasteiger partial charge in [0.1, 0.15) is 6.04 Å². The van der Waals surface area contributed by atoms with Crippen LogP contribution in [0.2, 0.25) is 0 Å². The van der Waals surface area contributed by atoms with E-state index in [1.807, 2.05) is 6.07 Å². The van der Waals surface area contributed by atoms with E-state index in [0.717, 1.165) is 18.5 Å². The summed E-state index contributed by atoms with van der Waals surface area (Å²) in [6, 6.07) is 7.97. The lowest BCUT2D eigenvalue weighted by Gasteiger charge is -2.17. The Morgan fingerprint density at radius 2 is 2.03 bits per heavy atom. The third kappa shape index (κ3) is 4.35. The van der Waals surface area contributed by atoms with Crippen LogP contribution in [0.3, 0.4) is 0 Å². The molecular weight excluding hydrogens is 380 g/mol. The van der Waals surface area contributed by atoms with Crippen LogP contribution in [0, 0.1) is 0 Å². The molecule has 0 saturated carbocycles. The van der Waals surface area contributed by atoms with Crippen molar-refractivity contribution in [3.05, 3.63) is 36.4 Å². The second-order valence-corrected chi connectivity index (χ2v) is 8.14. The first-order valence-corrected chi connectivity index (χ1v) is 11.1. The van der Waals surface area contributed by atoms with Crippen LogP contribution >= 0.6 is 0 Å². The molecule has 4 rings (SSSR count). The lowest BCUT2D eigenvalue weighted by Crippen LogP contribution is -2.28. The molecule has 0 radical (unpaired) electrons. The van der Waals surface area contributed by atoms with Gasteiger partial charge in [0.25, 0.3) is 0 Å². The first-order valence-electron chi connectivity index (χ1n) is 11.1. The minimum absolute atomic E-state index is 0.343. The molecule has 3 aromatic rings. The molecule has 1 unspecified atom stereocenters. The van der Waals surface area contributed by atoms with E-state index in [1.165, 1.54) is 54.3 Å². The van der Waals surface area contributed by atoms with Gasteiger partial charge in [-0.2, -0.15) is 4.98 Å². The number of hydrogen-bond acceptors (Lipinski definition) is 4. The summed E-state index contributed by atoms with van der Waals surface area (Å²) >= 11 is 0. The maximum Gasteiger partial charge on any atom is 0.407 e. The molecule has 7 heteroatoms. The van der Waals surface area contributed by atoms with Crippen LogP contribution in [-0.4, -0.2) is 37.4 Å². The predicted octanol–water partition coefficient (Wildman–Crippen LogP) is 5.87. The molecule has 1 aromatic carbocycles. The number of aryl methyl sites for hydroxylation is 1. The molecule has 0 aliphatic carbocycles. The van der Waals surface area contributed by atoms with Crippen LogP contribution in [0.5, 0.6) is 0 Å². The highest BCUT2D eigenvalue weighted by Crippen LogP contribution is 2.32. The Morgan fingerprint density at radius 3 is 2.87 bits per heavy atom. The molecule has 1 aliphatic heterocycles. The second-order valence-electron chi connectivity index (χ2n) is 8.14. The Bertz CT molecular complexity index is 993. The molecule has 1 amide bonds. The van der Waals surface area contributed by atoms with Crippen molar-refractivity contribution < 1.29 is 14.4 Å². The third-order valence-electron chi connectivity index (χ3n) is 6.01. The van der Waals surface area contributed by atoms with Gasteiger partial charge < -0.3 is 14.2 Å². The largest absolute Gasteiger partial charge is 0.465 e. The summed E-state index contributed by atoms with van der Waals surface area (Å²) in [7, 11) is 0. The van der Waals surface area contributed by atoms with E-state index in [4.69, 9.17) is 4.52 Å². The Balaban J connectivity index is 1.47. The van der Waals surface area contributed by atoms with Gasteiger partial charge in [-0.1, -0.05) is 56.3 Å². The summed E-state index contributed by atoms with van der Waals surface area (Å²) in [5, 5.41) is 14.7. The number of rotatable bonds is 9. The van der Waals surface area contributed by atoms with Gasteiger partial charge in [-0.15, -0.1) is 0 Å². The molecular formula is C23H30N4O3. The van der Waals surface area contributed by atoms with E-state index < -0.39 is 6.09 Å². The fourth-order valence-corrected chi connectivity index (χ4v) is 4.32. The average molecular weight is 411 g/mol. The Labute approximate surface area is 176 Å². The molecule has 0 spiro atoms. The molecule has 3 heterocycles. The number of benzene rings is 1. The lowest BCUT2D eigenvalue weighted by atomic mass is 10.1. The molecule has 1 fully saturated rings. The van der Waals surface area contributed by atoms with Crippen molar-refractivity contribution in [2.24, 2.45) is 0 Å². The highest BCUT2D eigenvalue weighted by Gasteiger charge is 2.34. The molecule has 7 nitrogen and oxygen atoms in total. The Morgan fingerprint density at radius 1 is 1.20 bits per heavy atom. The van der Waals surface area contributed by atoms with Gasteiger partial charge in [-0.05, 0) is 36.8 Å². The monoisotopic (exact) mass is 410 g/mol. The molecule has 0 bridgehead atoms. The number of unbranched alkanes of at least 4 members (excludes halogenated alkanes) is 5. The van der Waals surface area contributed by atoms with Crippen molar-refractivity contribution in [1.29, 1.82) is 0 Å². The van der Waals surface area contributed by atoms with Crippen LogP contribution < -0.4 is 0 Å². The zero-order valence-electron chi connectivity index (χ0n) is 17.6. The van der Waals surface area contributed by atoms with Gasteiger partial charge in [0.2, 0.25) is 11.7 Å². The fourth-order valence-electron chi connectivity index (χ4n) is 4.32. The maximum atomic E-state index is 11.4. The second kappa shape index (κ2) is 9.32. The van der Waals surface area contributed by atoms with Crippen LogP contribution in [0.25, 0.3) is 22.3 Å². The van der Waals surface area contributed by atoms with Crippen molar-refractivity contribution in [2.75, 3.05) is 6.54 Å². The summed E-state index contributed by atoms with van der Waals surface area (Å²) < 4.78 is 7.74. The van der Waals surface area contributed by atoms with Crippen molar-refractivity contribution in [2.45, 2.75) is 70.9 Å². The Kier molecular flexibility index (Phi) is 6.35. The topological polar surface area (TPSA) is 84.4 Å². The summed E-state index contributed by atoms with van der Waals surface area (Å²) in [5.41, 5.74) is 2.06. The van der Waals surface area contributed by atoms with E-state index in [1.54, 1.807) is 0 Å². The van der Waals surface area contributed by atoms with E-state index >= 15 is 0 Å². The molecule has 1 atom stereocenters. The van der Waals surface area contributed by atoms with E-state index in [0.29, 0.717) is 24.7 Å². The first kappa shape index (κ1) is 20.4. The maximum absolute atomic E-state index is 11.4. The molecule has 160 valence electrons. The third-order valence-corrected chi connectivity index (χ3v) is 6.01. The zero-order chi connectivity index (χ0) is 20.9. The molecule has 1 saturated heterocycles. The SMILES string of the molecule is CCCCCCCCn1ccc2ccc(-c3noc(C4CCCN4C(=O)O)n3)cc21. The Hall–Kier alpha value is -2.83. The number of fused-ring (bicyclic) bond motifs is 1. The highest BCUT2D eigenvalue weighted by molar-refractivity contribution is 5.84. The van der Waals surface area contributed by atoms with E-state index in [-0.39, 0.29) is 6.04 Å². The molecule has 30 heavy (non-hydrogen) atoms. The van der Waals surface area contributed by atoms with Gasteiger partial charge in [0.05, 0.1) is 0 Å². The van der Waals surface area contributed by atoms with Crippen molar-refractivity contribution in [3.63, 3.8) is 0 Å². The quantitative estimate of drug-likeness (QED) is 0.446. The summed E-state index contributed by atoms with van der Waals surface area (Å²) in [6.07, 6.45) is 10.4. The number of likely N-dealkylation sites (tertiary alicyclic amines) is 1. The van der Waals surface area contributed by atoms with Gasteiger partial charge >= 0.3 is 6.09 Å². The molecule has 2 aromatic heterocycles. The highest BCUT2D eigenvalue weighted by atomic mass is 16.5. The van der Waals surface area contributed by atoms with Crippen molar-refractivity contribution in [3.8, 4) is 11.4 Å². The number of carbonyl (C=O) groups is 1. The van der Waals surface area contributed by atoms with Crippen LogP contribution in [0.1, 0.15) is 70.2 Å². The zero-order valence-corrected chi connectivity index (χ0v) is 17.6. The number of amides is 1. The molecule has 1 aliphatic rings. The van der Waals surface area contributed by atoms with E-state index in [2.05, 4.69) is 46.0 Å². The summed E-state index contributed by atoms with van der Waals surface area (Å²) in [6.45, 7) is 3.76. The van der Waals surface area contributed by atoms with Gasteiger partial charge in [0, 0.05) is 30.4 Å². The number of hydrogen-bond donors (Lipinski definition) is 1. The summed E-state index contributed by atoms with van der Waals surface area (Å²) in [4.78, 5) is 17.3. The number of carboxylic acid groups (broad SMARTS) is 1. The normalized spacial score (nSPS) is 16.6. The van der Waals surface area contributed by atoms with Gasteiger partial charge in [-0.25, -0.2) is 4.79 Å². The smallest absolute Gasteiger partial charge is 0.407 e. The number of nitrogens with zero attached hydrogens (tertiary/aromatic N) is 4. The van der Waals surface area contributed by atoms with Crippen molar-refractivity contribution >= 4 is 17.0 Å². The fraction of sp³-hybridized carbons (Fsp3) is 0.522. The standard InChI is InChI=1S/C23H30N4O3/c1-2-3-4-5-6-7-13-26-15-12-17-10-11-18(16-20(17)26)21-24-22(30-25-21)19-9-8-14-27(19)23(28)29/h10-12,15-16,19H,2-9,13-14H2,1H3,(H,28,29). The van der Waals surface area contributed by atoms with Crippen LogP contribution in [0.15, 0.2) is 35.0 Å². The minimum Gasteiger partial charge on any atom is -0.465 e. The van der Waals surface area contributed by atoms with Gasteiger partial charge in [0.15, 0.2) is 0 Å². The number of aromatic nitrogens is 3. The molecule has 1 N–H and O–H groups in total. The lowest BCUT2D eigenvalue weighted by molar-refractivity contribution is 0.131. The first-order chi connectivity index (χ1) is 14.7. The van der Waals surface area contributed by atoms with Gasteiger partial charge in [-0.3, -0.25) is 4.90 Å². The van der Waals surface area contributed by atoms with Crippen LogP contribution in [0.4, 0.5) is 4.79 Å². The van der Waals surface area contributed by atoms with Crippen molar-refractivity contribution in [1.82, 2.24) is 19.6 Å². The average Bonchev–Trinajstić information content (AvgIpc) is 3.49.